The standard InChI is InChI=1S/C14H20N2O.ClH/c1-3-10(2)14(17)16-12-6-7-13-11(9-12)5-4-8-15-13;/h6-7,9-10,15H,3-5,8H2,1-2H3,(H,16,17);1H. The van der Waals surface area contributed by atoms with Crippen LogP contribution in [-0.2, 0) is 11.2 Å². The molecule has 100 valence electrons. The van der Waals surface area contributed by atoms with Gasteiger partial charge in [-0.25, -0.2) is 0 Å². The predicted octanol–water partition coefficient (Wildman–Crippen LogP) is 3.45. The van der Waals surface area contributed by atoms with Crippen molar-refractivity contribution >= 4 is 29.7 Å². The van der Waals surface area contributed by atoms with E-state index in [-0.39, 0.29) is 24.2 Å². The second-order valence-electron chi connectivity index (χ2n) is 4.70. The molecule has 1 unspecified atom stereocenters. The molecule has 1 aliphatic rings. The number of benzene rings is 1. The molecule has 0 radical (unpaired) electrons. The second kappa shape index (κ2) is 6.64. The Morgan fingerprint density at radius 1 is 1.50 bits per heavy atom. The van der Waals surface area contributed by atoms with E-state index in [2.05, 4.69) is 22.8 Å². The summed E-state index contributed by atoms with van der Waals surface area (Å²) in [6.07, 6.45) is 3.13. The molecule has 1 aromatic rings. The highest BCUT2D eigenvalue weighted by molar-refractivity contribution is 5.92. The first kappa shape index (κ1) is 14.8. The second-order valence-corrected chi connectivity index (χ2v) is 4.70. The Hall–Kier alpha value is -1.22. The molecule has 1 heterocycles. The van der Waals surface area contributed by atoms with Crippen LogP contribution in [0.15, 0.2) is 18.2 Å². The quantitative estimate of drug-likeness (QED) is 0.882. The molecule has 2 rings (SSSR count). The van der Waals surface area contributed by atoms with E-state index in [0.717, 1.165) is 31.5 Å². The van der Waals surface area contributed by atoms with E-state index < -0.39 is 0 Å². The molecule has 3 nitrogen and oxygen atoms in total. The third-order valence-electron chi connectivity index (χ3n) is 3.37. The molecule has 1 atom stereocenters. The summed E-state index contributed by atoms with van der Waals surface area (Å²) in [4.78, 5) is 11.8. The maximum absolute atomic E-state index is 11.8. The van der Waals surface area contributed by atoms with Crippen LogP contribution >= 0.6 is 12.4 Å². The molecule has 0 aromatic heterocycles. The van der Waals surface area contributed by atoms with E-state index in [9.17, 15) is 4.79 Å². The Bertz CT molecular complexity index is 420. The van der Waals surface area contributed by atoms with Gasteiger partial charge in [0.1, 0.15) is 0 Å². The number of aryl methyl sites for hydroxylation is 1. The average Bonchev–Trinajstić information content (AvgIpc) is 2.37. The first-order chi connectivity index (χ1) is 8.20. The minimum absolute atomic E-state index is 0. The number of fused-ring (bicyclic) bond motifs is 1. The van der Waals surface area contributed by atoms with E-state index in [4.69, 9.17) is 0 Å². The van der Waals surface area contributed by atoms with E-state index >= 15 is 0 Å². The van der Waals surface area contributed by atoms with Gasteiger partial charge in [-0.15, -0.1) is 12.4 Å². The predicted molar refractivity (Wildman–Crippen MR) is 78.6 cm³/mol. The summed E-state index contributed by atoms with van der Waals surface area (Å²) in [5.41, 5.74) is 3.42. The van der Waals surface area contributed by atoms with Gasteiger partial charge < -0.3 is 10.6 Å². The lowest BCUT2D eigenvalue weighted by Crippen LogP contribution is -2.20. The summed E-state index contributed by atoms with van der Waals surface area (Å²) in [6.45, 7) is 5.03. The lowest BCUT2D eigenvalue weighted by molar-refractivity contribution is -0.119. The normalized spacial score (nSPS) is 14.8. The smallest absolute Gasteiger partial charge is 0.227 e. The molecule has 18 heavy (non-hydrogen) atoms. The van der Waals surface area contributed by atoms with Crippen molar-refractivity contribution in [1.29, 1.82) is 0 Å². The Morgan fingerprint density at radius 2 is 2.28 bits per heavy atom. The zero-order valence-electron chi connectivity index (χ0n) is 11.0. The van der Waals surface area contributed by atoms with Crippen LogP contribution in [0.4, 0.5) is 11.4 Å². The molecule has 1 aliphatic heterocycles. The van der Waals surface area contributed by atoms with E-state index in [1.165, 1.54) is 11.3 Å². The summed E-state index contributed by atoms with van der Waals surface area (Å²) in [5, 5.41) is 6.34. The van der Waals surface area contributed by atoms with Gasteiger partial charge in [-0.1, -0.05) is 13.8 Å². The van der Waals surface area contributed by atoms with Crippen molar-refractivity contribution in [2.45, 2.75) is 33.1 Å². The lowest BCUT2D eigenvalue weighted by Gasteiger charge is -2.19. The van der Waals surface area contributed by atoms with E-state index in [0.29, 0.717) is 0 Å². The lowest BCUT2D eigenvalue weighted by atomic mass is 10.0. The largest absolute Gasteiger partial charge is 0.385 e. The first-order valence-corrected chi connectivity index (χ1v) is 6.38. The highest BCUT2D eigenvalue weighted by Gasteiger charge is 2.13. The zero-order valence-corrected chi connectivity index (χ0v) is 11.8. The van der Waals surface area contributed by atoms with Gasteiger partial charge >= 0.3 is 0 Å². The number of rotatable bonds is 3. The van der Waals surface area contributed by atoms with Crippen LogP contribution in [0.5, 0.6) is 0 Å². The monoisotopic (exact) mass is 268 g/mol. The highest BCUT2D eigenvalue weighted by atomic mass is 35.5. The maximum atomic E-state index is 11.8. The van der Waals surface area contributed by atoms with Gasteiger partial charge in [0.05, 0.1) is 0 Å². The summed E-state index contributed by atoms with van der Waals surface area (Å²) < 4.78 is 0. The maximum Gasteiger partial charge on any atom is 0.227 e. The SMILES string of the molecule is CCC(C)C(=O)Nc1ccc2c(c1)CCCN2.Cl. The fourth-order valence-corrected chi connectivity index (χ4v) is 2.00. The number of amides is 1. The van der Waals surface area contributed by atoms with Crippen molar-refractivity contribution in [2.24, 2.45) is 5.92 Å². The molecular weight excluding hydrogens is 248 g/mol. The molecule has 1 amide bonds. The van der Waals surface area contributed by atoms with Crippen LogP contribution in [0, 0.1) is 5.92 Å². The fraction of sp³-hybridized carbons (Fsp3) is 0.500. The Morgan fingerprint density at radius 3 is 3.00 bits per heavy atom. The number of nitrogens with one attached hydrogen (secondary N) is 2. The summed E-state index contributed by atoms with van der Waals surface area (Å²) >= 11 is 0. The first-order valence-electron chi connectivity index (χ1n) is 6.38. The average molecular weight is 269 g/mol. The Balaban J connectivity index is 0.00000162. The van der Waals surface area contributed by atoms with Crippen molar-refractivity contribution in [1.82, 2.24) is 0 Å². The van der Waals surface area contributed by atoms with Gasteiger partial charge in [0.15, 0.2) is 0 Å². The molecule has 2 N–H and O–H groups in total. The molecule has 0 aliphatic carbocycles. The molecule has 0 spiro atoms. The Labute approximate surface area is 115 Å². The third-order valence-corrected chi connectivity index (χ3v) is 3.37. The number of hydrogen-bond donors (Lipinski definition) is 2. The fourth-order valence-electron chi connectivity index (χ4n) is 2.00. The molecular formula is C14H21ClN2O. The van der Waals surface area contributed by atoms with Gasteiger partial charge in [-0.3, -0.25) is 4.79 Å². The van der Waals surface area contributed by atoms with Gasteiger partial charge in [-0.2, -0.15) is 0 Å². The molecule has 4 heteroatoms. The van der Waals surface area contributed by atoms with Gasteiger partial charge in [-0.05, 0) is 43.0 Å². The van der Waals surface area contributed by atoms with Crippen LogP contribution in [0.3, 0.4) is 0 Å². The zero-order chi connectivity index (χ0) is 12.3. The van der Waals surface area contributed by atoms with Crippen LogP contribution in [0.1, 0.15) is 32.3 Å². The number of carbonyl (C=O) groups is 1. The number of carbonyl (C=O) groups excluding carboxylic acids is 1. The summed E-state index contributed by atoms with van der Waals surface area (Å²) in [6, 6.07) is 6.11. The Kier molecular flexibility index (Phi) is 5.48. The molecule has 1 aromatic carbocycles. The van der Waals surface area contributed by atoms with Crippen molar-refractivity contribution in [3.05, 3.63) is 23.8 Å². The molecule has 0 bridgehead atoms. The van der Waals surface area contributed by atoms with Crippen LogP contribution in [-0.4, -0.2) is 12.5 Å². The van der Waals surface area contributed by atoms with E-state index in [1.807, 2.05) is 19.9 Å². The minimum Gasteiger partial charge on any atom is -0.385 e. The number of hydrogen-bond acceptors (Lipinski definition) is 2. The van der Waals surface area contributed by atoms with Crippen LogP contribution in [0.25, 0.3) is 0 Å². The summed E-state index contributed by atoms with van der Waals surface area (Å²) in [7, 11) is 0. The van der Waals surface area contributed by atoms with Crippen molar-refractivity contribution in [3.8, 4) is 0 Å². The van der Waals surface area contributed by atoms with Crippen molar-refractivity contribution in [3.63, 3.8) is 0 Å². The van der Waals surface area contributed by atoms with Crippen molar-refractivity contribution < 1.29 is 4.79 Å². The van der Waals surface area contributed by atoms with Gasteiger partial charge in [0.25, 0.3) is 0 Å². The highest BCUT2D eigenvalue weighted by Crippen LogP contribution is 2.25. The van der Waals surface area contributed by atoms with Gasteiger partial charge in [0.2, 0.25) is 5.91 Å². The number of halogens is 1. The van der Waals surface area contributed by atoms with Gasteiger partial charge in [0, 0.05) is 23.8 Å². The van der Waals surface area contributed by atoms with Crippen LogP contribution in [0.2, 0.25) is 0 Å². The third kappa shape index (κ3) is 3.39. The molecule has 0 fully saturated rings. The van der Waals surface area contributed by atoms with Crippen LogP contribution < -0.4 is 10.6 Å². The molecule has 0 saturated carbocycles. The number of anilines is 2. The summed E-state index contributed by atoms with van der Waals surface area (Å²) in [5.74, 6) is 0.181. The minimum atomic E-state index is 0. The topological polar surface area (TPSA) is 41.1 Å². The van der Waals surface area contributed by atoms with E-state index in [1.54, 1.807) is 0 Å². The van der Waals surface area contributed by atoms with Crippen molar-refractivity contribution in [2.75, 3.05) is 17.2 Å². The molecule has 0 saturated heterocycles.